The van der Waals surface area contributed by atoms with Crippen LogP contribution < -0.4 is 9.54 Å². The van der Waals surface area contributed by atoms with E-state index in [4.69, 9.17) is 21.3 Å². The highest BCUT2D eigenvalue weighted by atomic mass is 79.9. The number of aromatic nitrogens is 1. The van der Waals surface area contributed by atoms with E-state index in [-0.39, 0.29) is 23.6 Å². The van der Waals surface area contributed by atoms with Gasteiger partial charge in [0, 0.05) is 18.5 Å². The molecule has 0 atom stereocenters. The lowest BCUT2D eigenvalue weighted by Crippen LogP contribution is -2.16. The van der Waals surface area contributed by atoms with Gasteiger partial charge in [-0.1, -0.05) is 11.6 Å². The van der Waals surface area contributed by atoms with E-state index in [2.05, 4.69) is 9.95 Å². The van der Waals surface area contributed by atoms with Crippen LogP contribution in [0.5, 0.6) is 5.75 Å². The van der Waals surface area contributed by atoms with Crippen molar-refractivity contribution < 1.29 is 9.84 Å². The molecule has 0 saturated carbocycles. The van der Waals surface area contributed by atoms with Crippen molar-refractivity contribution in [1.82, 2.24) is 4.57 Å². The van der Waals surface area contributed by atoms with E-state index in [0.29, 0.717) is 19.6 Å². The zero-order chi connectivity index (χ0) is 17.6. The molecule has 1 N–H and O–H groups in total. The molecule has 3 rings (SSSR count). The fourth-order valence-corrected chi connectivity index (χ4v) is 4.50. The topological polar surface area (TPSA) is 46.8 Å². The Balaban J connectivity index is 0.00000243. The molecule has 0 aliphatic rings. The number of aliphatic hydroxyl groups is 1. The number of benzene rings is 1. The maximum atomic E-state index is 9.22. The van der Waals surface area contributed by atoms with Gasteiger partial charge in [-0.2, -0.15) is 0 Å². The van der Waals surface area contributed by atoms with Crippen molar-refractivity contribution in [3.8, 4) is 16.3 Å². The molecule has 140 valence electrons. The minimum Gasteiger partial charge on any atom is -0.494 e. The first kappa shape index (κ1) is 21.2. The predicted octanol–water partition coefficient (Wildman–Crippen LogP) is 5.52. The Hall–Kier alpha value is -1.12. The Morgan fingerprint density at radius 1 is 1.19 bits per heavy atom. The third-order valence-electron chi connectivity index (χ3n) is 3.54. The van der Waals surface area contributed by atoms with Crippen molar-refractivity contribution in [2.45, 2.75) is 19.9 Å². The summed E-state index contributed by atoms with van der Waals surface area (Å²) >= 11 is 9.21. The van der Waals surface area contributed by atoms with Crippen molar-refractivity contribution in [3.63, 3.8) is 0 Å². The summed E-state index contributed by atoms with van der Waals surface area (Å²) < 4.78 is 8.37. The third-order valence-corrected chi connectivity index (χ3v) is 5.65. The number of hydrogen-bond donors (Lipinski definition) is 1. The van der Waals surface area contributed by atoms with E-state index in [0.717, 1.165) is 31.1 Å². The van der Waals surface area contributed by atoms with Crippen LogP contribution in [0.4, 0.5) is 5.69 Å². The molecule has 4 nitrogen and oxygen atoms in total. The number of aliphatic hydroxyl groups excluding tert-OH is 1. The van der Waals surface area contributed by atoms with Gasteiger partial charge in [0.15, 0.2) is 4.80 Å². The first-order valence-electron chi connectivity index (χ1n) is 8.03. The molecule has 0 fully saturated rings. The van der Waals surface area contributed by atoms with Gasteiger partial charge in [-0.3, -0.25) is 0 Å². The molecule has 0 radical (unpaired) electrons. The maximum absolute atomic E-state index is 9.22. The van der Waals surface area contributed by atoms with Crippen LogP contribution in [0.3, 0.4) is 0 Å². The number of hydrogen-bond acceptors (Lipinski definition) is 5. The monoisotopic (exact) mass is 474 g/mol. The second-order valence-corrected chi connectivity index (χ2v) is 7.83. The van der Waals surface area contributed by atoms with Crippen molar-refractivity contribution >= 4 is 56.9 Å². The molecule has 0 aliphatic carbocycles. The largest absolute Gasteiger partial charge is 0.494 e. The van der Waals surface area contributed by atoms with Gasteiger partial charge >= 0.3 is 0 Å². The van der Waals surface area contributed by atoms with E-state index < -0.39 is 0 Å². The molecule has 26 heavy (non-hydrogen) atoms. The van der Waals surface area contributed by atoms with E-state index >= 15 is 0 Å². The summed E-state index contributed by atoms with van der Waals surface area (Å²) in [6.07, 6.45) is 0.680. The summed E-state index contributed by atoms with van der Waals surface area (Å²) in [6.45, 7) is 3.47. The Morgan fingerprint density at radius 2 is 1.96 bits per heavy atom. The second kappa shape index (κ2) is 10.3. The van der Waals surface area contributed by atoms with Gasteiger partial charge in [0.05, 0.1) is 27.2 Å². The smallest absolute Gasteiger partial charge is 0.190 e. The van der Waals surface area contributed by atoms with Crippen LogP contribution in [-0.4, -0.2) is 22.9 Å². The number of nitrogens with zero attached hydrogens (tertiary/aromatic N) is 2. The summed E-state index contributed by atoms with van der Waals surface area (Å²) in [5.74, 6) is 0.842. The molecule has 3 aromatic rings. The Labute approximate surface area is 176 Å². The van der Waals surface area contributed by atoms with E-state index in [1.165, 1.54) is 0 Å². The first-order valence-corrected chi connectivity index (χ1v) is 10.1. The highest BCUT2D eigenvalue weighted by Crippen LogP contribution is 2.31. The molecule has 0 spiro atoms. The summed E-state index contributed by atoms with van der Waals surface area (Å²) in [5.41, 5.74) is 1.96. The molecular formula is C18H20BrClN2O2S2. The molecule has 0 saturated heterocycles. The predicted molar refractivity (Wildman–Crippen MR) is 115 cm³/mol. The van der Waals surface area contributed by atoms with E-state index in [1.807, 2.05) is 43.3 Å². The normalized spacial score (nSPS) is 11.4. The second-order valence-electron chi connectivity index (χ2n) is 5.27. The van der Waals surface area contributed by atoms with Crippen LogP contribution in [0, 0.1) is 0 Å². The molecule has 8 heteroatoms. The zero-order valence-corrected chi connectivity index (χ0v) is 18.3. The van der Waals surface area contributed by atoms with E-state index in [1.54, 1.807) is 22.7 Å². The average Bonchev–Trinajstić information content (AvgIpc) is 3.21. The SMILES string of the molecule is Br.CCOc1ccc(N=c2scc(-c3ccc(Cl)s3)n2CCCO)cc1. The number of halogens is 2. The van der Waals surface area contributed by atoms with Gasteiger partial charge < -0.3 is 14.4 Å². The highest BCUT2D eigenvalue weighted by Gasteiger charge is 2.10. The lowest BCUT2D eigenvalue weighted by Gasteiger charge is -2.07. The third kappa shape index (κ3) is 5.20. The molecule has 0 amide bonds. The van der Waals surface area contributed by atoms with E-state index in [9.17, 15) is 5.11 Å². The van der Waals surface area contributed by atoms with Gasteiger partial charge in [-0.25, -0.2) is 4.99 Å². The summed E-state index contributed by atoms with van der Waals surface area (Å²) in [5, 5.41) is 11.3. The standard InChI is InChI=1S/C18H19ClN2O2S2.BrH/c1-2-23-14-6-4-13(5-7-14)20-18-21(10-3-11-22)15(12-24-18)16-8-9-17(19)25-16;/h4-9,12,22H,2-3,10-11H2,1H3;1H. The van der Waals surface area contributed by atoms with Crippen molar-refractivity contribution in [2.24, 2.45) is 4.99 Å². The van der Waals surface area contributed by atoms with Crippen LogP contribution in [0.25, 0.3) is 10.6 Å². The lowest BCUT2D eigenvalue weighted by molar-refractivity contribution is 0.279. The number of thiazole rings is 1. The van der Waals surface area contributed by atoms with Gasteiger partial charge in [0.1, 0.15) is 5.75 Å². The summed E-state index contributed by atoms with van der Waals surface area (Å²) in [7, 11) is 0. The number of thiophene rings is 1. The maximum Gasteiger partial charge on any atom is 0.190 e. The quantitative estimate of drug-likeness (QED) is 0.489. The van der Waals surface area contributed by atoms with Crippen LogP contribution in [-0.2, 0) is 6.54 Å². The molecule has 0 unspecified atom stereocenters. The molecule has 0 aliphatic heterocycles. The van der Waals surface area contributed by atoms with Crippen molar-refractivity contribution in [3.05, 3.63) is 50.9 Å². The Bertz CT molecular complexity index is 887. The lowest BCUT2D eigenvalue weighted by atomic mass is 10.3. The first-order chi connectivity index (χ1) is 12.2. The zero-order valence-electron chi connectivity index (χ0n) is 14.2. The Kier molecular flexibility index (Phi) is 8.37. The number of rotatable bonds is 7. The summed E-state index contributed by atoms with van der Waals surface area (Å²) in [6, 6.07) is 11.7. The van der Waals surface area contributed by atoms with Crippen molar-refractivity contribution in [1.29, 1.82) is 0 Å². The molecule has 2 aromatic heterocycles. The van der Waals surface area contributed by atoms with Gasteiger partial charge in [-0.15, -0.1) is 39.7 Å². The molecular weight excluding hydrogens is 456 g/mol. The highest BCUT2D eigenvalue weighted by molar-refractivity contribution is 8.93. The van der Waals surface area contributed by atoms with Crippen LogP contribution in [0.2, 0.25) is 4.34 Å². The van der Waals surface area contributed by atoms with Gasteiger partial charge in [0.25, 0.3) is 0 Å². The van der Waals surface area contributed by atoms with Crippen molar-refractivity contribution in [2.75, 3.05) is 13.2 Å². The minimum absolute atomic E-state index is 0. The molecule has 0 bridgehead atoms. The number of ether oxygens (including phenoxy) is 1. The molecule has 2 heterocycles. The van der Waals surface area contributed by atoms with Crippen LogP contribution in [0.1, 0.15) is 13.3 Å². The van der Waals surface area contributed by atoms with Crippen LogP contribution >= 0.6 is 51.3 Å². The van der Waals surface area contributed by atoms with Gasteiger partial charge in [0.2, 0.25) is 0 Å². The van der Waals surface area contributed by atoms with Gasteiger partial charge in [-0.05, 0) is 49.7 Å². The minimum atomic E-state index is 0. The average molecular weight is 476 g/mol. The fraction of sp³-hybridized carbons (Fsp3) is 0.278. The summed E-state index contributed by atoms with van der Waals surface area (Å²) in [4.78, 5) is 6.77. The molecule has 1 aromatic carbocycles. The fourth-order valence-electron chi connectivity index (χ4n) is 2.41. The van der Waals surface area contributed by atoms with Crippen LogP contribution in [0.15, 0.2) is 46.8 Å². The Morgan fingerprint density at radius 3 is 2.58 bits per heavy atom.